The highest BCUT2D eigenvalue weighted by atomic mass is 19.1. The minimum absolute atomic E-state index is 0.204. The maximum atomic E-state index is 13.8. The second-order valence-electron chi connectivity index (χ2n) is 5.95. The molecular weight excluding hydrogens is 347 g/mol. The molecule has 0 atom stereocenters. The van der Waals surface area contributed by atoms with Crippen LogP contribution in [0.1, 0.15) is 35.8 Å². The van der Waals surface area contributed by atoms with Crippen molar-refractivity contribution in [3.05, 3.63) is 71.9 Å². The Balaban J connectivity index is 1.65. The van der Waals surface area contributed by atoms with Crippen molar-refractivity contribution in [3.63, 3.8) is 0 Å². The van der Waals surface area contributed by atoms with E-state index in [0.717, 1.165) is 18.4 Å². The number of halogens is 1. The first-order valence-electron chi connectivity index (χ1n) is 8.84. The molecule has 7 heteroatoms. The molecule has 0 aliphatic carbocycles. The van der Waals surface area contributed by atoms with Gasteiger partial charge in [0.2, 0.25) is 5.88 Å². The second kappa shape index (κ2) is 8.93. The lowest BCUT2D eigenvalue weighted by Crippen LogP contribution is -2.24. The van der Waals surface area contributed by atoms with E-state index in [1.165, 1.54) is 10.7 Å². The summed E-state index contributed by atoms with van der Waals surface area (Å²) in [5.74, 6) is -0.242. The highest BCUT2D eigenvalue weighted by Gasteiger charge is 2.13. The lowest BCUT2D eigenvalue weighted by atomic mass is 10.2. The number of unbranched alkanes of at least 4 members (excludes halogenated alkanes) is 1. The fourth-order valence-corrected chi connectivity index (χ4v) is 2.48. The Morgan fingerprint density at radius 1 is 1.22 bits per heavy atom. The van der Waals surface area contributed by atoms with Gasteiger partial charge in [-0.3, -0.25) is 4.79 Å². The highest BCUT2D eigenvalue weighted by Crippen LogP contribution is 2.15. The third-order valence-corrected chi connectivity index (χ3v) is 3.95. The first-order valence-corrected chi connectivity index (χ1v) is 8.84. The molecule has 1 N–H and O–H groups in total. The molecule has 0 fully saturated rings. The van der Waals surface area contributed by atoms with E-state index in [1.54, 1.807) is 42.7 Å². The third kappa shape index (κ3) is 4.69. The smallest absolute Gasteiger partial charge is 0.272 e. The summed E-state index contributed by atoms with van der Waals surface area (Å²) >= 11 is 0. The Labute approximate surface area is 157 Å². The van der Waals surface area contributed by atoms with Gasteiger partial charge in [-0.25, -0.2) is 14.1 Å². The summed E-state index contributed by atoms with van der Waals surface area (Å²) in [6.45, 7) is 2.94. The summed E-state index contributed by atoms with van der Waals surface area (Å²) in [7, 11) is 0. The molecule has 0 aliphatic rings. The largest absolute Gasteiger partial charge is 0.477 e. The molecule has 1 amide bonds. The molecule has 0 aliphatic heterocycles. The van der Waals surface area contributed by atoms with E-state index < -0.39 is 5.82 Å². The predicted octanol–water partition coefficient (Wildman–Crippen LogP) is 3.52. The Morgan fingerprint density at radius 2 is 2.07 bits per heavy atom. The van der Waals surface area contributed by atoms with Gasteiger partial charge in [-0.15, -0.1) is 0 Å². The number of hydrogen-bond acceptors (Lipinski definition) is 4. The zero-order valence-electron chi connectivity index (χ0n) is 15.1. The average molecular weight is 368 g/mol. The second-order valence-corrected chi connectivity index (χ2v) is 5.95. The minimum Gasteiger partial charge on any atom is -0.477 e. The molecule has 3 aromatic rings. The molecule has 0 bridgehead atoms. The number of nitrogens with zero attached hydrogens (tertiary/aromatic N) is 3. The first-order chi connectivity index (χ1) is 13.2. The molecule has 0 spiro atoms. The van der Waals surface area contributed by atoms with Crippen LogP contribution in [0.5, 0.6) is 5.88 Å². The lowest BCUT2D eigenvalue weighted by molar-refractivity contribution is 0.0945. The summed E-state index contributed by atoms with van der Waals surface area (Å²) < 4.78 is 20.9. The standard InChI is InChI=1S/C20H21FN4O2/c1-2-3-13-27-20-15(7-6-11-22-20)14-23-19(26)17-10-12-25(24-17)18-9-5-4-8-16(18)21/h4-12H,2-3,13-14H2,1H3,(H,23,26). The number of amides is 1. The van der Waals surface area contributed by atoms with Crippen molar-refractivity contribution in [2.45, 2.75) is 26.3 Å². The number of pyridine rings is 1. The van der Waals surface area contributed by atoms with Crippen molar-refractivity contribution < 1.29 is 13.9 Å². The average Bonchev–Trinajstić information content (AvgIpc) is 3.17. The lowest BCUT2D eigenvalue weighted by Gasteiger charge is -2.10. The summed E-state index contributed by atoms with van der Waals surface area (Å²) in [4.78, 5) is 16.6. The van der Waals surface area contributed by atoms with Crippen LogP contribution in [0.15, 0.2) is 54.9 Å². The Bertz CT molecular complexity index is 910. The van der Waals surface area contributed by atoms with Crippen molar-refractivity contribution in [3.8, 4) is 11.6 Å². The number of rotatable bonds is 8. The normalized spacial score (nSPS) is 10.6. The number of carbonyl (C=O) groups is 1. The molecule has 2 aromatic heterocycles. The van der Waals surface area contributed by atoms with Gasteiger partial charge in [0, 0.05) is 24.5 Å². The van der Waals surface area contributed by atoms with Crippen LogP contribution in [0, 0.1) is 5.82 Å². The van der Waals surface area contributed by atoms with Crippen LogP contribution in [0.25, 0.3) is 5.69 Å². The molecule has 6 nitrogen and oxygen atoms in total. The van der Waals surface area contributed by atoms with E-state index in [-0.39, 0.29) is 23.8 Å². The Kier molecular flexibility index (Phi) is 6.14. The maximum absolute atomic E-state index is 13.8. The number of hydrogen-bond donors (Lipinski definition) is 1. The predicted molar refractivity (Wildman–Crippen MR) is 99.3 cm³/mol. The molecule has 0 saturated heterocycles. The molecule has 2 heterocycles. The number of nitrogens with one attached hydrogen (secondary N) is 1. The number of para-hydroxylation sites is 1. The number of carbonyl (C=O) groups excluding carboxylic acids is 1. The molecule has 27 heavy (non-hydrogen) atoms. The van der Waals surface area contributed by atoms with Crippen LogP contribution in [-0.2, 0) is 6.54 Å². The third-order valence-electron chi connectivity index (χ3n) is 3.95. The summed E-state index contributed by atoms with van der Waals surface area (Å²) in [6, 6.07) is 11.4. The van der Waals surface area contributed by atoms with E-state index in [4.69, 9.17) is 4.74 Å². The highest BCUT2D eigenvalue weighted by molar-refractivity contribution is 5.92. The van der Waals surface area contributed by atoms with Gasteiger partial charge in [-0.05, 0) is 30.7 Å². The van der Waals surface area contributed by atoms with Crippen molar-refractivity contribution >= 4 is 5.91 Å². The molecule has 3 rings (SSSR count). The van der Waals surface area contributed by atoms with E-state index in [2.05, 4.69) is 22.3 Å². The monoisotopic (exact) mass is 368 g/mol. The van der Waals surface area contributed by atoms with Gasteiger partial charge in [0.1, 0.15) is 11.5 Å². The van der Waals surface area contributed by atoms with Crippen LogP contribution in [0.3, 0.4) is 0 Å². The minimum atomic E-state index is -0.406. The van der Waals surface area contributed by atoms with Gasteiger partial charge >= 0.3 is 0 Å². The van der Waals surface area contributed by atoms with Crippen molar-refractivity contribution in [1.29, 1.82) is 0 Å². The zero-order chi connectivity index (χ0) is 19.1. The molecule has 0 unspecified atom stereocenters. The van der Waals surface area contributed by atoms with Gasteiger partial charge in [0.05, 0.1) is 6.61 Å². The zero-order valence-corrected chi connectivity index (χ0v) is 15.1. The Hall–Kier alpha value is -3.22. The molecule has 1 aromatic carbocycles. The van der Waals surface area contributed by atoms with E-state index in [9.17, 15) is 9.18 Å². The van der Waals surface area contributed by atoms with E-state index in [0.29, 0.717) is 12.5 Å². The molecule has 0 saturated carbocycles. The molecule has 140 valence electrons. The fourth-order valence-electron chi connectivity index (χ4n) is 2.48. The van der Waals surface area contributed by atoms with Crippen molar-refractivity contribution in [2.75, 3.05) is 6.61 Å². The SMILES string of the molecule is CCCCOc1ncccc1CNC(=O)c1ccn(-c2ccccc2F)n1. The van der Waals surface area contributed by atoms with Crippen LogP contribution in [0.4, 0.5) is 4.39 Å². The summed E-state index contributed by atoms with van der Waals surface area (Å²) in [6.07, 6.45) is 5.18. The van der Waals surface area contributed by atoms with Crippen LogP contribution in [0.2, 0.25) is 0 Å². The van der Waals surface area contributed by atoms with Gasteiger partial charge in [-0.1, -0.05) is 31.5 Å². The number of benzene rings is 1. The molecule has 0 radical (unpaired) electrons. The topological polar surface area (TPSA) is 69.0 Å². The van der Waals surface area contributed by atoms with Crippen LogP contribution < -0.4 is 10.1 Å². The van der Waals surface area contributed by atoms with Crippen LogP contribution in [-0.4, -0.2) is 27.3 Å². The fraction of sp³-hybridized carbons (Fsp3) is 0.250. The Morgan fingerprint density at radius 3 is 2.89 bits per heavy atom. The van der Waals surface area contributed by atoms with Crippen LogP contribution >= 0.6 is 0 Å². The van der Waals surface area contributed by atoms with Crippen molar-refractivity contribution in [2.24, 2.45) is 0 Å². The number of aromatic nitrogens is 3. The first kappa shape index (κ1) is 18.6. The van der Waals surface area contributed by atoms with Gasteiger partial charge in [-0.2, -0.15) is 5.10 Å². The summed E-state index contributed by atoms with van der Waals surface area (Å²) in [5, 5.41) is 6.95. The van der Waals surface area contributed by atoms with E-state index >= 15 is 0 Å². The number of ether oxygens (including phenoxy) is 1. The van der Waals surface area contributed by atoms with Crippen molar-refractivity contribution in [1.82, 2.24) is 20.1 Å². The maximum Gasteiger partial charge on any atom is 0.272 e. The van der Waals surface area contributed by atoms with Gasteiger partial charge in [0.15, 0.2) is 5.69 Å². The summed E-state index contributed by atoms with van der Waals surface area (Å²) in [5.41, 5.74) is 1.28. The van der Waals surface area contributed by atoms with Gasteiger partial charge < -0.3 is 10.1 Å². The van der Waals surface area contributed by atoms with Gasteiger partial charge in [0.25, 0.3) is 5.91 Å². The molecular formula is C20H21FN4O2. The quantitative estimate of drug-likeness (QED) is 0.618. The van der Waals surface area contributed by atoms with E-state index in [1.807, 2.05) is 6.07 Å².